The molecule has 1 unspecified atom stereocenters. The number of aromatic nitrogens is 2. The SMILES string of the molecule is CCOC(=O)Cc1cc(=O)n2c(n1)CCC2C. The summed E-state index contributed by atoms with van der Waals surface area (Å²) in [6.07, 6.45) is 1.81. The zero-order chi connectivity index (χ0) is 12.4. The molecule has 0 saturated heterocycles. The Hall–Kier alpha value is -1.65. The van der Waals surface area contributed by atoms with Gasteiger partial charge in [-0.15, -0.1) is 0 Å². The van der Waals surface area contributed by atoms with Crippen LogP contribution in [0.25, 0.3) is 0 Å². The molecule has 2 rings (SSSR count). The van der Waals surface area contributed by atoms with Crippen LogP contribution in [0.3, 0.4) is 0 Å². The van der Waals surface area contributed by atoms with Crippen molar-refractivity contribution in [1.29, 1.82) is 0 Å². The monoisotopic (exact) mass is 236 g/mol. The summed E-state index contributed by atoms with van der Waals surface area (Å²) in [5, 5.41) is 0. The molecule has 17 heavy (non-hydrogen) atoms. The number of nitrogens with zero attached hydrogens (tertiary/aromatic N) is 2. The summed E-state index contributed by atoms with van der Waals surface area (Å²) >= 11 is 0. The van der Waals surface area contributed by atoms with Crippen molar-refractivity contribution in [1.82, 2.24) is 9.55 Å². The first-order valence-electron chi connectivity index (χ1n) is 5.88. The van der Waals surface area contributed by atoms with Gasteiger partial charge in [0.05, 0.1) is 18.7 Å². The van der Waals surface area contributed by atoms with Crippen LogP contribution in [-0.2, 0) is 22.4 Å². The molecule has 0 aliphatic carbocycles. The predicted octanol–water partition coefficient (Wildman–Crippen LogP) is 0.856. The predicted molar refractivity (Wildman–Crippen MR) is 61.9 cm³/mol. The minimum absolute atomic E-state index is 0.0701. The molecule has 0 aromatic carbocycles. The molecule has 0 N–H and O–H groups in total. The lowest BCUT2D eigenvalue weighted by atomic mass is 10.2. The first-order valence-corrected chi connectivity index (χ1v) is 5.88. The number of carbonyl (C=O) groups excluding carboxylic acids is 1. The standard InChI is InChI=1S/C12H16N2O3/c1-3-17-12(16)7-9-6-11(15)14-8(2)4-5-10(14)13-9/h6,8H,3-5,7H2,1-2H3. The van der Waals surface area contributed by atoms with Crippen LogP contribution in [0.15, 0.2) is 10.9 Å². The Morgan fingerprint density at radius 1 is 1.65 bits per heavy atom. The number of hydrogen-bond acceptors (Lipinski definition) is 4. The van der Waals surface area contributed by atoms with Crippen molar-refractivity contribution in [3.8, 4) is 0 Å². The van der Waals surface area contributed by atoms with Crippen LogP contribution in [0.4, 0.5) is 0 Å². The zero-order valence-electron chi connectivity index (χ0n) is 10.1. The largest absolute Gasteiger partial charge is 0.466 e. The third-order valence-electron chi connectivity index (χ3n) is 2.94. The molecule has 0 saturated carbocycles. The molecule has 92 valence electrons. The summed E-state index contributed by atoms with van der Waals surface area (Å²) in [5.74, 6) is 0.444. The van der Waals surface area contributed by atoms with Crippen molar-refractivity contribution in [2.45, 2.75) is 39.2 Å². The van der Waals surface area contributed by atoms with E-state index in [0.29, 0.717) is 12.3 Å². The van der Waals surface area contributed by atoms with Crippen molar-refractivity contribution >= 4 is 5.97 Å². The number of ether oxygens (including phenoxy) is 1. The molecular weight excluding hydrogens is 220 g/mol. The van der Waals surface area contributed by atoms with E-state index in [4.69, 9.17) is 4.74 Å². The second-order valence-corrected chi connectivity index (χ2v) is 4.24. The highest BCUT2D eigenvalue weighted by Crippen LogP contribution is 2.21. The van der Waals surface area contributed by atoms with Crippen molar-refractivity contribution in [3.63, 3.8) is 0 Å². The number of aryl methyl sites for hydroxylation is 1. The summed E-state index contributed by atoms with van der Waals surface area (Å²) in [4.78, 5) is 27.5. The average Bonchev–Trinajstić information content (AvgIpc) is 2.60. The fraction of sp³-hybridized carbons (Fsp3) is 0.583. The Kier molecular flexibility index (Phi) is 3.26. The molecule has 0 radical (unpaired) electrons. The highest BCUT2D eigenvalue weighted by Gasteiger charge is 2.21. The lowest BCUT2D eigenvalue weighted by Gasteiger charge is -2.09. The van der Waals surface area contributed by atoms with Crippen molar-refractivity contribution < 1.29 is 9.53 Å². The van der Waals surface area contributed by atoms with E-state index in [9.17, 15) is 9.59 Å². The van der Waals surface area contributed by atoms with Gasteiger partial charge in [-0.2, -0.15) is 0 Å². The molecule has 2 heterocycles. The quantitative estimate of drug-likeness (QED) is 0.730. The van der Waals surface area contributed by atoms with Gasteiger partial charge in [-0.25, -0.2) is 4.98 Å². The zero-order valence-corrected chi connectivity index (χ0v) is 10.1. The van der Waals surface area contributed by atoms with E-state index in [2.05, 4.69) is 4.98 Å². The van der Waals surface area contributed by atoms with Crippen molar-refractivity contribution in [3.05, 3.63) is 27.9 Å². The number of carbonyl (C=O) groups is 1. The summed E-state index contributed by atoms with van der Waals surface area (Å²) in [6, 6.07) is 1.64. The molecule has 1 atom stereocenters. The molecule has 5 heteroatoms. The average molecular weight is 236 g/mol. The van der Waals surface area contributed by atoms with Crippen LogP contribution in [0, 0.1) is 0 Å². The number of esters is 1. The molecule has 1 aliphatic heterocycles. The second-order valence-electron chi connectivity index (χ2n) is 4.24. The fourth-order valence-corrected chi connectivity index (χ4v) is 2.16. The number of hydrogen-bond donors (Lipinski definition) is 0. The van der Waals surface area contributed by atoms with Crippen LogP contribution < -0.4 is 5.56 Å². The minimum atomic E-state index is -0.338. The van der Waals surface area contributed by atoms with Gasteiger partial charge in [0.25, 0.3) is 5.56 Å². The van der Waals surface area contributed by atoms with Crippen LogP contribution >= 0.6 is 0 Å². The van der Waals surface area contributed by atoms with Gasteiger partial charge in [0.15, 0.2) is 0 Å². The van der Waals surface area contributed by atoms with E-state index in [1.165, 1.54) is 6.07 Å². The Balaban J connectivity index is 2.25. The molecule has 0 spiro atoms. The van der Waals surface area contributed by atoms with Crippen LogP contribution in [0.1, 0.15) is 37.8 Å². The van der Waals surface area contributed by atoms with E-state index < -0.39 is 0 Å². The molecule has 0 amide bonds. The van der Waals surface area contributed by atoms with Crippen LogP contribution in [-0.4, -0.2) is 22.1 Å². The molecule has 1 aliphatic rings. The molecule has 0 fully saturated rings. The number of fused-ring (bicyclic) bond motifs is 1. The fourth-order valence-electron chi connectivity index (χ4n) is 2.16. The molecule has 1 aromatic rings. The van der Waals surface area contributed by atoms with Crippen LogP contribution in [0.2, 0.25) is 0 Å². The first kappa shape index (κ1) is 11.8. The van der Waals surface area contributed by atoms with Crippen molar-refractivity contribution in [2.75, 3.05) is 6.61 Å². The Labute approximate surface area is 99.4 Å². The van der Waals surface area contributed by atoms with E-state index in [1.807, 2.05) is 6.92 Å². The maximum atomic E-state index is 11.9. The Morgan fingerprint density at radius 2 is 2.41 bits per heavy atom. The summed E-state index contributed by atoms with van der Waals surface area (Å²) in [5.41, 5.74) is 0.438. The molecular formula is C12H16N2O3. The van der Waals surface area contributed by atoms with E-state index in [1.54, 1.807) is 11.5 Å². The maximum Gasteiger partial charge on any atom is 0.311 e. The third-order valence-corrected chi connectivity index (χ3v) is 2.94. The normalized spacial score (nSPS) is 17.9. The summed E-state index contributed by atoms with van der Waals surface area (Å²) < 4.78 is 6.54. The van der Waals surface area contributed by atoms with Gasteiger partial charge in [-0.3, -0.25) is 14.2 Å². The maximum absolute atomic E-state index is 11.9. The summed E-state index contributed by atoms with van der Waals surface area (Å²) in [7, 11) is 0. The van der Waals surface area contributed by atoms with E-state index in [0.717, 1.165) is 18.7 Å². The first-order chi connectivity index (χ1) is 8.11. The van der Waals surface area contributed by atoms with E-state index >= 15 is 0 Å². The molecule has 5 nitrogen and oxygen atoms in total. The van der Waals surface area contributed by atoms with Gasteiger partial charge in [-0.1, -0.05) is 0 Å². The highest BCUT2D eigenvalue weighted by molar-refractivity contribution is 5.71. The van der Waals surface area contributed by atoms with Gasteiger partial charge >= 0.3 is 5.97 Å². The van der Waals surface area contributed by atoms with Gasteiger partial charge in [0.2, 0.25) is 0 Å². The summed E-state index contributed by atoms with van der Waals surface area (Å²) in [6.45, 7) is 4.11. The third kappa shape index (κ3) is 2.38. The van der Waals surface area contributed by atoms with Gasteiger partial charge in [0.1, 0.15) is 5.82 Å². The van der Waals surface area contributed by atoms with Gasteiger partial charge < -0.3 is 4.74 Å². The number of rotatable bonds is 3. The van der Waals surface area contributed by atoms with Gasteiger partial charge in [-0.05, 0) is 20.3 Å². The minimum Gasteiger partial charge on any atom is -0.466 e. The Morgan fingerprint density at radius 3 is 3.12 bits per heavy atom. The topological polar surface area (TPSA) is 61.2 Å². The smallest absolute Gasteiger partial charge is 0.311 e. The van der Waals surface area contributed by atoms with Crippen molar-refractivity contribution in [2.24, 2.45) is 0 Å². The highest BCUT2D eigenvalue weighted by atomic mass is 16.5. The molecule has 0 bridgehead atoms. The Bertz CT molecular complexity index is 493. The van der Waals surface area contributed by atoms with Crippen LogP contribution in [0.5, 0.6) is 0 Å². The van der Waals surface area contributed by atoms with E-state index in [-0.39, 0.29) is 24.0 Å². The second kappa shape index (κ2) is 4.69. The van der Waals surface area contributed by atoms with Gasteiger partial charge in [0, 0.05) is 18.5 Å². The lowest BCUT2D eigenvalue weighted by Crippen LogP contribution is -2.24. The lowest BCUT2D eigenvalue weighted by molar-refractivity contribution is -0.142. The molecule has 1 aromatic heterocycles.